The molecule has 0 spiro atoms. The molecule has 1 aromatic carbocycles. The van der Waals surface area contributed by atoms with Gasteiger partial charge in [-0.25, -0.2) is 9.78 Å². The van der Waals surface area contributed by atoms with Gasteiger partial charge in [-0.2, -0.15) is 0 Å². The zero-order chi connectivity index (χ0) is 15.6. The normalized spacial score (nSPS) is 10.4. The average Bonchev–Trinajstić information content (AvgIpc) is 2.83. The number of aromatic carboxylic acids is 1. The van der Waals surface area contributed by atoms with Gasteiger partial charge in [-0.05, 0) is 19.1 Å². The minimum atomic E-state index is -1.19. The number of rotatable bonds is 5. The van der Waals surface area contributed by atoms with Crippen molar-refractivity contribution in [2.24, 2.45) is 0 Å². The summed E-state index contributed by atoms with van der Waals surface area (Å²) in [7, 11) is 1.71. The standard InChI is InChI=1S/C13H13N3O4S/c1-8-14-10(7-21-8)6-15(2)11-4-3-9(13(17)18)5-12(11)16(19)20/h3-5,7H,6H2,1-2H3,(H,17,18). The van der Waals surface area contributed by atoms with Crippen LogP contribution >= 0.6 is 11.3 Å². The maximum atomic E-state index is 11.1. The Morgan fingerprint density at radius 3 is 2.76 bits per heavy atom. The van der Waals surface area contributed by atoms with Gasteiger partial charge in [0.25, 0.3) is 5.69 Å². The zero-order valence-corrected chi connectivity index (χ0v) is 12.3. The first kappa shape index (κ1) is 14.9. The lowest BCUT2D eigenvalue weighted by Crippen LogP contribution is -2.18. The van der Waals surface area contributed by atoms with E-state index in [1.54, 1.807) is 11.9 Å². The SMILES string of the molecule is Cc1nc(CN(C)c2ccc(C(=O)O)cc2[N+](=O)[O-])cs1. The number of carbonyl (C=O) groups is 1. The highest BCUT2D eigenvalue weighted by atomic mass is 32.1. The molecule has 21 heavy (non-hydrogen) atoms. The number of thiazole rings is 1. The first-order valence-corrected chi connectivity index (χ1v) is 6.90. The summed E-state index contributed by atoms with van der Waals surface area (Å²) in [5.74, 6) is -1.19. The van der Waals surface area contributed by atoms with Crippen LogP contribution in [0.1, 0.15) is 21.1 Å². The average molecular weight is 307 g/mol. The van der Waals surface area contributed by atoms with Gasteiger partial charge in [0.15, 0.2) is 0 Å². The number of nitrogens with zero attached hydrogens (tertiary/aromatic N) is 3. The van der Waals surface area contributed by atoms with Crippen LogP contribution in [0.3, 0.4) is 0 Å². The molecule has 8 heteroatoms. The van der Waals surface area contributed by atoms with Crippen molar-refractivity contribution in [1.29, 1.82) is 0 Å². The minimum Gasteiger partial charge on any atom is -0.478 e. The zero-order valence-electron chi connectivity index (χ0n) is 11.4. The first-order valence-electron chi connectivity index (χ1n) is 6.02. The molecule has 1 aromatic heterocycles. The van der Waals surface area contributed by atoms with Gasteiger partial charge in [0.1, 0.15) is 5.69 Å². The Hall–Kier alpha value is -2.48. The number of aromatic nitrogens is 1. The van der Waals surface area contributed by atoms with E-state index in [-0.39, 0.29) is 11.3 Å². The van der Waals surface area contributed by atoms with Crippen LogP contribution < -0.4 is 4.90 Å². The van der Waals surface area contributed by atoms with Gasteiger partial charge in [-0.3, -0.25) is 10.1 Å². The summed E-state index contributed by atoms with van der Waals surface area (Å²) in [5, 5.41) is 22.9. The largest absolute Gasteiger partial charge is 0.478 e. The van der Waals surface area contributed by atoms with Crippen molar-refractivity contribution in [2.75, 3.05) is 11.9 Å². The van der Waals surface area contributed by atoms with E-state index in [0.29, 0.717) is 12.2 Å². The third-order valence-electron chi connectivity index (χ3n) is 2.90. The molecule has 0 amide bonds. The molecule has 0 unspecified atom stereocenters. The van der Waals surface area contributed by atoms with E-state index in [0.717, 1.165) is 16.8 Å². The number of nitro groups is 1. The second-order valence-corrected chi connectivity index (χ2v) is 5.54. The van der Waals surface area contributed by atoms with E-state index in [1.165, 1.54) is 23.5 Å². The molecule has 0 saturated heterocycles. The quantitative estimate of drug-likeness (QED) is 0.674. The molecule has 2 rings (SSSR count). The van der Waals surface area contributed by atoms with E-state index in [1.807, 2.05) is 12.3 Å². The third-order valence-corrected chi connectivity index (χ3v) is 3.72. The van der Waals surface area contributed by atoms with E-state index in [4.69, 9.17) is 5.11 Å². The van der Waals surface area contributed by atoms with E-state index < -0.39 is 10.9 Å². The van der Waals surface area contributed by atoms with Crippen molar-refractivity contribution >= 4 is 28.7 Å². The van der Waals surface area contributed by atoms with Crippen molar-refractivity contribution in [3.05, 3.63) is 50.0 Å². The van der Waals surface area contributed by atoms with Gasteiger partial charge in [0, 0.05) is 18.5 Å². The summed E-state index contributed by atoms with van der Waals surface area (Å²) in [6, 6.07) is 3.87. The van der Waals surface area contributed by atoms with Crippen molar-refractivity contribution in [2.45, 2.75) is 13.5 Å². The van der Waals surface area contributed by atoms with Crippen LogP contribution in [0.2, 0.25) is 0 Å². The van der Waals surface area contributed by atoms with E-state index >= 15 is 0 Å². The summed E-state index contributed by atoms with van der Waals surface area (Å²) < 4.78 is 0. The number of anilines is 1. The molecule has 0 aliphatic heterocycles. The van der Waals surface area contributed by atoms with Crippen LogP contribution in [-0.4, -0.2) is 28.0 Å². The lowest BCUT2D eigenvalue weighted by Gasteiger charge is -2.18. The first-order chi connectivity index (χ1) is 9.88. The Labute approximate surface area is 124 Å². The van der Waals surface area contributed by atoms with Crippen LogP contribution in [0.4, 0.5) is 11.4 Å². The Morgan fingerprint density at radius 1 is 1.52 bits per heavy atom. The fourth-order valence-corrected chi connectivity index (χ4v) is 2.54. The summed E-state index contributed by atoms with van der Waals surface area (Å²) in [4.78, 5) is 27.4. The molecular formula is C13H13N3O4S. The maximum absolute atomic E-state index is 11.1. The highest BCUT2D eigenvalue weighted by Gasteiger charge is 2.20. The number of nitro benzene ring substituents is 1. The number of benzene rings is 1. The Balaban J connectivity index is 2.33. The lowest BCUT2D eigenvalue weighted by molar-refractivity contribution is -0.384. The van der Waals surface area contributed by atoms with Gasteiger partial charge >= 0.3 is 5.97 Å². The van der Waals surface area contributed by atoms with E-state index in [2.05, 4.69) is 4.98 Å². The van der Waals surface area contributed by atoms with Crippen molar-refractivity contribution in [1.82, 2.24) is 4.98 Å². The van der Waals surface area contributed by atoms with Crippen molar-refractivity contribution in [3.8, 4) is 0 Å². The van der Waals surface area contributed by atoms with Crippen LogP contribution in [0, 0.1) is 17.0 Å². The highest BCUT2D eigenvalue weighted by molar-refractivity contribution is 7.09. The Bertz CT molecular complexity index is 698. The number of carboxylic acids is 1. The van der Waals surface area contributed by atoms with Crippen molar-refractivity contribution < 1.29 is 14.8 Å². The number of hydrogen-bond donors (Lipinski definition) is 1. The summed E-state index contributed by atoms with van der Waals surface area (Å²) >= 11 is 1.51. The molecule has 110 valence electrons. The monoisotopic (exact) mass is 307 g/mol. The van der Waals surface area contributed by atoms with Gasteiger partial charge in [0.2, 0.25) is 0 Å². The fourth-order valence-electron chi connectivity index (χ4n) is 1.93. The smallest absolute Gasteiger partial charge is 0.335 e. The van der Waals surface area contributed by atoms with Crippen LogP contribution in [0.5, 0.6) is 0 Å². The topological polar surface area (TPSA) is 96.6 Å². The van der Waals surface area contributed by atoms with Crippen molar-refractivity contribution in [3.63, 3.8) is 0 Å². The molecule has 0 aliphatic rings. The molecular weight excluding hydrogens is 294 g/mol. The summed E-state index contributed by atoms with van der Waals surface area (Å²) in [5.41, 5.74) is 0.833. The fraction of sp³-hybridized carbons (Fsp3) is 0.231. The molecule has 0 saturated carbocycles. The number of carboxylic acid groups (broad SMARTS) is 1. The van der Waals surface area contributed by atoms with Gasteiger partial charge < -0.3 is 10.0 Å². The lowest BCUT2D eigenvalue weighted by atomic mass is 10.1. The molecule has 0 fully saturated rings. The molecule has 0 atom stereocenters. The van der Waals surface area contributed by atoms with Gasteiger partial charge in [-0.15, -0.1) is 11.3 Å². The van der Waals surface area contributed by atoms with Crippen LogP contribution in [0.25, 0.3) is 0 Å². The Morgan fingerprint density at radius 2 is 2.24 bits per heavy atom. The molecule has 7 nitrogen and oxygen atoms in total. The predicted octanol–water partition coefficient (Wildman–Crippen LogP) is 2.69. The molecule has 2 aromatic rings. The number of hydrogen-bond acceptors (Lipinski definition) is 6. The molecule has 0 bridgehead atoms. The summed E-state index contributed by atoms with van der Waals surface area (Å²) in [6.07, 6.45) is 0. The molecule has 1 heterocycles. The molecule has 1 N–H and O–H groups in total. The predicted molar refractivity (Wildman–Crippen MR) is 79.0 cm³/mol. The van der Waals surface area contributed by atoms with Crippen LogP contribution in [0.15, 0.2) is 23.6 Å². The van der Waals surface area contributed by atoms with E-state index in [9.17, 15) is 14.9 Å². The molecule has 0 radical (unpaired) electrons. The highest BCUT2D eigenvalue weighted by Crippen LogP contribution is 2.29. The van der Waals surface area contributed by atoms with Gasteiger partial charge in [-0.1, -0.05) is 0 Å². The second-order valence-electron chi connectivity index (χ2n) is 4.48. The van der Waals surface area contributed by atoms with Gasteiger partial charge in [0.05, 0.1) is 27.7 Å². The Kier molecular flexibility index (Phi) is 4.18. The maximum Gasteiger partial charge on any atom is 0.335 e. The minimum absolute atomic E-state index is 0.108. The summed E-state index contributed by atoms with van der Waals surface area (Å²) in [6.45, 7) is 2.30. The third kappa shape index (κ3) is 3.34. The van der Waals surface area contributed by atoms with Crippen LogP contribution in [-0.2, 0) is 6.54 Å². The second kappa shape index (κ2) is 5.88. The molecule has 0 aliphatic carbocycles. The number of aryl methyl sites for hydroxylation is 1.